The predicted molar refractivity (Wildman–Crippen MR) is 359 cm³/mol. The van der Waals surface area contributed by atoms with Crippen molar-refractivity contribution < 1.29 is 89.4 Å². The Morgan fingerprint density at radius 3 is 1.17 bits per heavy atom. The molecule has 0 aromatic rings. The van der Waals surface area contributed by atoms with E-state index in [2.05, 4.69) is 165 Å². The lowest BCUT2D eigenvalue weighted by molar-refractivity contribution is -0.379. The van der Waals surface area contributed by atoms with Crippen LogP contribution in [0.15, 0.2) is 158 Å². The number of allylic oxidation sites excluding steroid dienone is 25. The van der Waals surface area contributed by atoms with Gasteiger partial charge in [-0.05, 0) is 109 Å². The molecule has 19 nitrogen and oxygen atoms in total. The van der Waals surface area contributed by atoms with Gasteiger partial charge in [0.05, 0.1) is 38.6 Å². The molecule has 0 saturated carbocycles. The number of hydrogen-bond acceptors (Lipinski definition) is 18. The van der Waals surface area contributed by atoms with Crippen LogP contribution >= 0.6 is 0 Å². The molecule has 3 heterocycles. The predicted octanol–water partition coefficient (Wildman–Crippen LogP) is 8.54. The number of nitrogens with one attached hydrogen (secondary N) is 1. The summed E-state index contributed by atoms with van der Waals surface area (Å²) in [6, 6.07) is -1.01. The van der Waals surface area contributed by atoms with Gasteiger partial charge in [-0.1, -0.05) is 204 Å². The maximum Gasteiger partial charge on any atom is 0.220 e. The Hall–Kier alpha value is -4.59. The highest BCUT2D eigenvalue weighted by molar-refractivity contribution is 5.76. The van der Waals surface area contributed by atoms with Gasteiger partial charge in [0.15, 0.2) is 18.9 Å². The number of carbonyl (C=O) groups excluding carboxylic acids is 1. The molecule has 12 N–H and O–H groups in total. The highest BCUT2D eigenvalue weighted by Gasteiger charge is 2.53. The molecule has 0 aliphatic carbocycles. The van der Waals surface area contributed by atoms with E-state index in [9.17, 15) is 61.0 Å². The molecule has 19 heteroatoms. The van der Waals surface area contributed by atoms with E-state index in [1.165, 1.54) is 6.42 Å². The Balaban J connectivity index is 1.35. The summed E-state index contributed by atoms with van der Waals surface area (Å²) < 4.78 is 34.1. The first-order chi connectivity index (χ1) is 44.8. The second-order valence-electron chi connectivity index (χ2n) is 23.2. The zero-order valence-electron chi connectivity index (χ0n) is 54.7. The van der Waals surface area contributed by atoms with Crippen LogP contribution in [-0.2, 0) is 33.2 Å². The third-order valence-electron chi connectivity index (χ3n) is 15.6. The van der Waals surface area contributed by atoms with Crippen LogP contribution in [0, 0.1) is 0 Å². The van der Waals surface area contributed by atoms with Gasteiger partial charge in [0.2, 0.25) is 5.91 Å². The Morgan fingerprint density at radius 1 is 0.402 bits per heavy atom. The Kier molecular flexibility index (Phi) is 46.7. The Labute approximate surface area is 548 Å². The molecule has 520 valence electrons. The molecule has 17 unspecified atom stereocenters. The lowest BCUT2D eigenvalue weighted by Gasteiger charge is -2.48. The van der Waals surface area contributed by atoms with Gasteiger partial charge in [0.1, 0.15) is 73.2 Å². The quantitative estimate of drug-likeness (QED) is 0.0201. The molecule has 0 aromatic carbocycles. The number of aliphatic hydroxyl groups is 11. The van der Waals surface area contributed by atoms with E-state index < -0.39 is 124 Å². The fourth-order valence-electron chi connectivity index (χ4n) is 10.1. The number of hydrogen-bond donors (Lipinski definition) is 12. The lowest BCUT2D eigenvalue weighted by Crippen LogP contribution is -2.66. The van der Waals surface area contributed by atoms with Crippen LogP contribution in [0.5, 0.6) is 0 Å². The van der Waals surface area contributed by atoms with Crippen LogP contribution in [0.4, 0.5) is 0 Å². The van der Waals surface area contributed by atoms with Gasteiger partial charge in [-0.2, -0.15) is 0 Å². The minimum absolute atomic E-state index is 0.176. The highest BCUT2D eigenvalue weighted by atomic mass is 16.8. The third-order valence-corrected chi connectivity index (χ3v) is 15.6. The van der Waals surface area contributed by atoms with Crippen molar-refractivity contribution in [2.45, 2.75) is 266 Å². The van der Waals surface area contributed by atoms with Crippen LogP contribution in [0.2, 0.25) is 0 Å². The molecule has 1 amide bonds. The number of rotatable bonds is 48. The summed E-state index contributed by atoms with van der Waals surface area (Å²) in [4.78, 5) is 13.3. The van der Waals surface area contributed by atoms with Crippen LogP contribution in [0.3, 0.4) is 0 Å². The van der Waals surface area contributed by atoms with Crippen molar-refractivity contribution in [2.24, 2.45) is 0 Å². The van der Waals surface area contributed by atoms with E-state index in [-0.39, 0.29) is 18.9 Å². The van der Waals surface area contributed by atoms with Crippen molar-refractivity contribution in [2.75, 3.05) is 26.4 Å². The van der Waals surface area contributed by atoms with Gasteiger partial charge in [-0.15, -0.1) is 0 Å². The topological polar surface area (TPSA) is 307 Å². The van der Waals surface area contributed by atoms with Gasteiger partial charge in [-0.25, -0.2) is 0 Å². The maximum atomic E-state index is 13.3. The molecule has 17 atom stereocenters. The minimum Gasteiger partial charge on any atom is -0.394 e. The molecule has 0 radical (unpaired) electrons. The third kappa shape index (κ3) is 34.2. The minimum atomic E-state index is -1.99. The number of ether oxygens (including phenoxy) is 6. The molecular weight excluding hydrogens is 1180 g/mol. The zero-order chi connectivity index (χ0) is 66.8. The molecule has 92 heavy (non-hydrogen) atoms. The lowest BCUT2D eigenvalue weighted by atomic mass is 9.96. The van der Waals surface area contributed by atoms with E-state index in [0.717, 1.165) is 122 Å². The summed E-state index contributed by atoms with van der Waals surface area (Å²) in [5.74, 6) is -0.330. The van der Waals surface area contributed by atoms with Gasteiger partial charge in [0, 0.05) is 6.42 Å². The van der Waals surface area contributed by atoms with Crippen molar-refractivity contribution in [1.82, 2.24) is 5.32 Å². The smallest absolute Gasteiger partial charge is 0.220 e. The van der Waals surface area contributed by atoms with E-state index in [1.54, 1.807) is 6.08 Å². The summed E-state index contributed by atoms with van der Waals surface area (Å²) in [7, 11) is 0. The SMILES string of the molecule is CC/C=C\C/C=C\C/C=C\C/C=C\C/C=C\C/C=C\C/C=C\C/C=C\C/C=C\C/C=C\C/C=C\C/C=C\CCCCC(=O)NC(COC1OC(CO)C(OC2OC(CO)C(OC3OC(CO)C(O)C(O)C3O)C(O)C2O)C(O)C1O)C(O)/C=C/CCCCCCCC. The van der Waals surface area contributed by atoms with Gasteiger partial charge >= 0.3 is 0 Å². The molecule has 0 aromatic heterocycles. The average Bonchev–Trinajstić information content (AvgIpc) is 0.830. The summed E-state index contributed by atoms with van der Waals surface area (Å²) in [6.45, 7) is 1.48. The van der Waals surface area contributed by atoms with Crippen LogP contribution in [-0.4, -0.2) is 193 Å². The molecule has 3 fully saturated rings. The van der Waals surface area contributed by atoms with Crippen molar-refractivity contribution in [1.29, 1.82) is 0 Å². The average molecular weight is 1290 g/mol. The number of unbranched alkanes of at least 4 members (excludes halogenated alkanes) is 8. The van der Waals surface area contributed by atoms with Crippen LogP contribution < -0.4 is 5.32 Å². The van der Waals surface area contributed by atoms with Crippen molar-refractivity contribution in [3.63, 3.8) is 0 Å². The summed E-state index contributed by atoms with van der Waals surface area (Å²) >= 11 is 0. The first-order valence-electron chi connectivity index (χ1n) is 33.7. The Morgan fingerprint density at radius 2 is 0.750 bits per heavy atom. The first-order valence-corrected chi connectivity index (χ1v) is 33.7. The van der Waals surface area contributed by atoms with Crippen molar-refractivity contribution in [3.05, 3.63) is 158 Å². The molecule has 0 spiro atoms. The second kappa shape index (κ2) is 52.7. The normalized spacial score (nSPS) is 28.7. The van der Waals surface area contributed by atoms with Gasteiger partial charge in [0.25, 0.3) is 0 Å². The number of amides is 1. The standard InChI is InChI=1S/C73H115NO18/c1-3-5-7-9-11-13-14-15-16-17-18-19-20-21-22-23-24-25-26-27-28-29-30-31-32-33-34-35-36-37-38-39-40-41-42-43-45-47-49-51-61(79)74-56(57(78)50-48-46-44-12-10-8-6-4-2)55-87-71-67(85)64(82)69(59(53-76)89-71)92-73-68(86)65(83)70(60(54-77)90-73)91-72-66(84)63(81)62(80)58(52-75)88-72/h5,7,11,13,15-16,18-19,21-22,24-25,27-28,30-31,33-34,36-37,39-40,42-43,48,50,56-60,62-73,75-78,80-86H,3-4,6,8-10,12,14,17,20,23,26,29,32,35,38,41,44-47,49,51-55H2,1-2H3,(H,74,79)/b7-5-,13-11-,16-15-,19-18-,22-21-,25-24-,28-27-,31-30-,34-33-,37-36-,40-39-,43-42-,50-48+. The second-order valence-corrected chi connectivity index (χ2v) is 23.2. The van der Waals surface area contributed by atoms with Crippen molar-refractivity contribution in [3.8, 4) is 0 Å². The van der Waals surface area contributed by atoms with E-state index in [0.29, 0.717) is 12.8 Å². The summed E-state index contributed by atoms with van der Waals surface area (Å²) in [5, 5.41) is 120. The first kappa shape index (κ1) is 81.6. The fourth-order valence-corrected chi connectivity index (χ4v) is 10.1. The molecule has 3 aliphatic heterocycles. The van der Waals surface area contributed by atoms with Crippen LogP contribution in [0.1, 0.15) is 162 Å². The largest absolute Gasteiger partial charge is 0.394 e. The summed E-state index contributed by atoms with van der Waals surface area (Å²) in [5.41, 5.74) is 0. The molecule has 3 rings (SSSR count). The molecule has 3 saturated heterocycles. The summed E-state index contributed by atoms with van der Waals surface area (Å²) in [6.07, 6.45) is 49.9. The van der Waals surface area contributed by atoms with Crippen molar-refractivity contribution >= 4 is 5.91 Å². The molecule has 0 bridgehead atoms. The molecule has 3 aliphatic rings. The highest BCUT2D eigenvalue weighted by Crippen LogP contribution is 2.33. The van der Waals surface area contributed by atoms with Gasteiger partial charge < -0.3 is 89.9 Å². The van der Waals surface area contributed by atoms with Gasteiger partial charge in [-0.3, -0.25) is 4.79 Å². The van der Waals surface area contributed by atoms with E-state index in [4.69, 9.17) is 28.4 Å². The number of aliphatic hydroxyl groups excluding tert-OH is 11. The fraction of sp³-hybridized carbons (Fsp3) is 0.630. The van der Waals surface area contributed by atoms with E-state index >= 15 is 0 Å². The zero-order valence-corrected chi connectivity index (χ0v) is 54.7. The molecular formula is C73H115NO18. The monoisotopic (exact) mass is 1290 g/mol. The number of carbonyl (C=O) groups is 1. The van der Waals surface area contributed by atoms with E-state index in [1.807, 2.05) is 6.08 Å². The maximum absolute atomic E-state index is 13.3. The van der Waals surface area contributed by atoms with Crippen LogP contribution in [0.25, 0.3) is 0 Å². The Bertz CT molecular complexity index is 2280.